The van der Waals surface area contributed by atoms with Crippen LogP contribution < -0.4 is 5.11 Å². The van der Waals surface area contributed by atoms with Gasteiger partial charge >= 0.3 is 0 Å². The molecule has 0 saturated carbocycles. The van der Waals surface area contributed by atoms with Crippen molar-refractivity contribution >= 4 is 22.9 Å². The molecule has 0 atom stereocenters. The van der Waals surface area contributed by atoms with E-state index >= 15 is 0 Å². The molecule has 6 nitrogen and oxygen atoms in total. The quantitative estimate of drug-likeness (QED) is 0.681. The Morgan fingerprint density at radius 2 is 2.25 bits per heavy atom. The molecule has 0 N–H and O–H groups in total. The Hall–Kier alpha value is -2.37. The second-order valence-corrected chi connectivity index (χ2v) is 3.25. The van der Waals surface area contributed by atoms with Gasteiger partial charge in [0.05, 0.1) is 0 Å². The summed E-state index contributed by atoms with van der Waals surface area (Å²) in [5.41, 5.74) is 0.883. The van der Waals surface area contributed by atoms with Crippen molar-refractivity contribution in [2.45, 2.75) is 0 Å². The predicted molar refractivity (Wildman–Crippen MR) is 51.0 cm³/mol. The number of benzene rings is 1. The first-order valence-corrected chi connectivity index (χ1v) is 4.55. The Bertz CT molecular complexity index is 614. The van der Waals surface area contributed by atoms with Crippen LogP contribution >= 0.6 is 0 Å². The lowest BCUT2D eigenvalue weighted by molar-refractivity contribution is -0.268. The molecule has 1 aromatic carbocycles. The summed E-state index contributed by atoms with van der Waals surface area (Å²) in [6.07, 6.45) is 0. The van der Waals surface area contributed by atoms with Crippen molar-refractivity contribution in [3.63, 3.8) is 0 Å². The molecule has 0 aliphatic carbocycles. The first-order valence-electron chi connectivity index (χ1n) is 4.55. The normalized spacial score (nSPS) is 15.2. The number of hydrogen-bond acceptors (Lipinski definition) is 5. The number of ether oxygens (including phenoxy) is 1. The average Bonchev–Trinajstić information content (AvgIpc) is 2.83. The third-order valence-electron chi connectivity index (χ3n) is 2.10. The van der Waals surface area contributed by atoms with Crippen LogP contribution in [0.15, 0.2) is 27.6 Å². The highest BCUT2D eigenvalue weighted by atomic mass is 16.5. The van der Waals surface area contributed by atoms with Gasteiger partial charge in [-0.05, 0) is 12.1 Å². The van der Waals surface area contributed by atoms with E-state index in [2.05, 4.69) is 9.98 Å². The van der Waals surface area contributed by atoms with Crippen LogP contribution in [0.3, 0.4) is 0 Å². The first-order chi connectivity index (χ1) is 7.72. The van der Waals surface area contributed by atoms with E-state index in [0.29, 0.717) is 11.1 Å². The van der Waals surface area contributed by atoms with Gasteiger partial charge in [-0.15, -0.1) is 5.75 Å². The van der Waals surface area contributed by atoms with Gasteiger partial charge in [-0.3, -0.25) is 4.79 Å². The fourth-order valence-electron chi connectivity index (χ4n) is 1.41. The molecular formula is C10H5N2O4-. The van der Waals surface area contributed by atoms with E-state index in [1.165, 1.54) is 12.1 Å². The van der Waals surface area contributed by atoms with Crippen LogP contribution in [0.4, 0.5) is 0 Å². The van der Waals surface area contributed by atoms with Crippen LogP contribution in [0.2, 0.25) is 0 Å². The minimum atomic E-state index is -0.373. The van der Waals surface area contributed by atoms with E-state index in [1.54, 1.807) is 6.07 Å². The molecule has 1 amide bonds. The standard InChI is InChI=1S/C10H6N2O4/c13-5-1-2-6-7(3-5)16-10(11-6)9-12-8(14)4-15-9/h1-3,13H,4H2/p-1. The number of carbonyl (C=O) groups is 1. The smallest absolute Gasteiger partial charge is 0.287 e. The van der Waals surface area contributed by atoms with E-state index in [9.17, 15) is 9.90 Å². The number of carbonyl (C=O) groups excluding carboxylic acids is 1. The van der Waals surface area contributed by atoms with Crippen molar-refractivity contribution < 1.29 is 19.1 Å². The van der Waals surface area contributed by atoms with E-state index in [4.69, 9.17) is 9.15 Å². The highest BCUT2D eigenvalue weighted by molar-refractivity contribution is 6.04. The summed E-state index contributed by atoms with van der Waals surface area (Å²) < 4.78 is 10.2. The molecule has 1 aromatic heterocycles. The molecule has 1 aliphatic rings. The number of hydrogen-bond donors (Lipinski definition) is 0. The maximum absolute atomic E-state index is 11.1. The van der Waals surface area contributed by atoms with Crippen LogP contribution in [0.1, 0.15) is 5.89 Å². The van der Waals surface area contributed by atoms with Crippen molar-refractivity contribution in [3.8, 4) is 5.75 Å². The third kappa shape index (κ3) is 1.31. The molecule has 0 fully saturated rings. The van der Waals surface area contributed by atoms with E-state index in [1.807, 2.05) is 0 Å². The molecule has 6 heteroatoms. The fourth-order valence-corrected chi connectivity index (χ4v) is 1.41. The zero-order chi connectivity index (χ0) is 11.1. The molecule has 0 spiro atoms. The fraction of sp³-hybridized carbons (Fsp3) is 0.100. The van der Waals surface area contributed by atoms with Crippen LogP contribution in [-0.4, -0.2) is 23.4 Å². The molecule has 2 heterocycles. The van der Waals surface area contributed by atoms with Crippen molar-refractivity contribution in [3.05, 3.63) is 24.1 Å². The summed E-state index contributed by atoms with van der Waals surface area (Å²) in [4.78, 5) is 18.5. The van der Waals surface area contributed by atoms with Crippen molar-refractivity contribution in [2.75, 3.05) is 6.61 Å². The summed E-state index contributed by atoms with van der Waals surface area (Å²) >= 11 is 0. The number of nitrogens with zero attached hydrogens (tertiary/aromatic N) is 2. The van der Waals surface area contributed by atoms with Crippen LogP contribution in [0, 0.1) is 0 Å². The topological polar surface area (TPSA) is 87.8 Å². The number of fused-ring (bicyclic) bond motifs is 1. The maximum Gasteiger partial charge on any atom is 0.287 e. The summed E-state index contributed by atoms with van der Waals surface area (Å²) in [7, 11) is 0. The number of oxazole rings is 1. The molecule has 0 radical (unpaired) electrons. The van der Waals surface area contributed by atoms with E-state index in [0.717, 1.165) is 0 Å². The van der Waals surface area contributed by atoms with Crippen molar-refractivity contribution in [2.24, 2.45) is 4.99 Å². The van der Waals surface area contributed by atoms with Gasteiger partial charge in [-0.1, -0.05) is 6.07 Å². The third-order valence-corrected chi connectivity index (χ3v) is 2.10. The summed E-state index contributed by atoms with van der Waals surface area (Å²) in [6.45, 7) is -0.0964. The minimum Gasteiger partial charge on any atom is -0.872 e. The van der Waals surface area contributed by atoms with Crippen molar-refractivity contribution in [1.29, 1.82) is 0 Å². The van der Waals surface area contributed by atoms with E-state index < -0.39 is 0 Å². The van der Waals surface area contributed by atoms with Crippen molar-refractivity contribution in [1.82, 2.24) is 4.98 Å². The average molecular weight is 217 g/mol. The summed E-state index contributed by atoms with van der Waals surface area (Å²) in [6, 6.07) is 4.25. The Morgan fingerprint density at radius 1 is 1.38 bits per heavy atom. The second kappa shape index (κ2) is 3.06. The summed E-state index contributed by atoms with van der Waals surface area (Å²) in [5.74, 6) is -0.359. The molecule has 0 unspecified atom stereocenters. The van der Waals surface area contributed by atoms with Crippen LogP contribution in [0.5, 0.6) is 5.75 Å². The van der Waals surface area contributed by atoms with Gasteiger partial charge in [-0.25, -0.2) is 4.98 Å². The number of aliphatic imine (C=N–C) groups is 1. The number of rotatable bonds is 1. The highest BCUT2D eigenvalue weighted by Crippen LogP contribution is 2.20. The Morgan fingerprint density at radius 3 is 3.00 bits per heavy atom. The molecule has 2 aromatic rings. The number of amides is 1. The van der Waals surface area contributed by atoms with Crippen LogP contribution in [-0.2, 0) is 9.53 Å². The minimum absolute atomic E-state index is 0.0636. The van der Waals surface area contributed by atoms with Gasteiger partial charge in [0.2, 0.25) is 0 Å². The maximum atomic E-state index is 11.1. The second-order valence-electron chi connectivity index (χ2n) is 3.25. The Labute approximate surface area is 89.2 Å². The molecule has 80 valence electrons. The van der Waals surface area contributed by atoms with Gasteiger partial charge in [0.25, 0.3) is 17.7 Å². The number of aromatic nitrogens is 1. The lowest BCUT2D eigenvalue weighted by Gasteiger charge is -2.00. The molecule has 0 saturated heterocycles. The Balaban J connectivity index is 2.12. The molecular weight excluding hydrogens is 212 g/mol. The van der Waals surface area contributed by atoms with Gasteiger partial charge in [-0.2, -0.15) is 4.99 Å². The molecule has 3 rings (SSSR count). The summed E-state index contributed by atoms with van der Waals surface area (Å²) in [5, 5.41) is 11.1. The van der Waals surface area contributed by atoms with E-state index in [-0.39, 0.29) is 30.1 Å². The van der Waals surface area contributed by atoms with Crippen LogP contribution in [0.25, 0.3) is 11.1 Å². The first kappa shape index (κ1) is 8.90. The highest BCUT2D eigenvalue weighted by Gasteiger charge is 2.21. The lowest BCUT2D eigenvalue weighted by atomic mass is 10.3. The van der Waals surface area contributed by atoms with Gasteiger partial charge < -0.3 is 14.3 Å². The monoisotopic (exact) mass is 217 g/mol. The molecule has 1 aliphatic heterocycles. The zero-order valence-corrected chi connectivity index (χ0v) is 7.97. The molecule has 16 heavy (non-hydrogen) atoms. The molecule has 0 bridgehead atoms. The van der Waals surface area contributed by atoms with Gasteiger partial charge in [0.1, 0.15) is 5.52 Å². The largest absolute Gasteiger partial charge is 0.872 e. The Kier molecular flexibility index (Phi) is 1.70. The van der Waals surface area contributed by atoms with Gasteiger partial charge in [0, 0.05) is 0 Å². The lowest BCUT2D eigenvalue weighted by Crippen LogP contribution is -2.01. The SMILES string of the molecule is O=C1COC(c2nc3ccc([O-])cc3o2)=N1. The van der Waals surface area contributed by atoms with Gasteiger partial charge in [0.15, 0.2) is 12.2 Å². The predicted octanol–water partition coefficient (Wildman–Crippen LogP) is 0.205. The zero-order valence-electron chi connectivity index (χ0n) is 7.97.